The standard InChI is InChI=1S/C20H26N4O3/c1-22-17-15(19(26)23(2)20(22)27)9-10-16(21-17)14-8-5-11-24(12-14)18(25)13-6-3-4-7-13/h9-10,13-14H,3-8,11-12H2,1-2H3/t14-/m1/s1. The third kappa shape index (κ3) is 3.09. The third-order valence-corrected chi connectivity index (χ3v) is 6.18. The summed E-state index contributed by atoms with van der Waals surface area (Å²) in [6, 6.07) is 3.64. The Morgan fingerprint density at radius 2 is 1.78 bits per heavy atom. The van der Waals surface area contributed by atoms with Crippen LogP contribution in [-0.2, 0) is 18.9 Å². The molecule has 0 aromatic carbocycles. The van der Waals surface area contributed by atoms with Crippen LogP contribution in [0.3, 0.4) is 0 Å². The highest BCUT2D eigenvalue weighted by Gasteiger charge is 2.31. The maximum Gasteiger partial charge on any atom is 0.332 e. The lowest BCUT2D eigenvalue weighted by Gasteiger charge is -2.34. The molecule has 1 saturated carbocycles. The molecule has 1 aliphatic heterocycles. The van der Waals surface area contributed by atoms with Gasteiger partial charge in [0, 0.05) is 44.7 Å². The van der Waals surface area contributed by atoms with E-state index in [0.717, 1.165) is 55.3 Å². The van der Waals surface area contributed by atoms with E-state index in [9.17, 15) is 14.4 Å². The number of piperidine rings is 1. The molecule has 1 saturated heterocycles. The zero-order chi connectivity index (χ0) is 19.1. The Morgan fingerprint density at radius 1 is 1.04 bits per heavy atom. The first-order valence-corrected chi connectivity index (χ1v) is 9.83. The highest BCUT2D eigenvalue weighted by molar-refractivity contribution is 5.79. The van der Waals surface area contributed by atoms with Crippen LogP contribution in [0.15, 0.2) is 21.7 Å². The second kappa shape index (κ2) is 6.94. The molecule has 0 radical (unpaired) electrons. The summed E-state index contributed by atoms with van der Waals surface area (Å²) >= 11 is 0. The predicted molar refractivity (Wildman–Crippen MR) is 103 cm³/mol. The Morgan fingerprint density at radius 3 is 2.52 bits per heavy atom. The minimum atomic E-state index is -0.376. The first kappa shape index (κ1) is 17.9. The molecule has 2 fully saturated rings. The highest BCUT2D eigenvalue weighted by atomic mass is 16.2. The van der Waals surface area contributed by atoms with Gasteiger partial charge in [0.15, 0.2) is 0 Å². The number of aryl methyl sites for hydroxylation is 1. The fraction of sp³-hybridized carbons (Fsp3) is 0.600. The van der Waals surface area contributed by atoms with Gasteiger partial charge in [-0.3, -0.25) is 18.7 Å². The van der Waals surface area contributed by atoms with Crippen LogP contribution < -0.4 is 11.2 Å². The van der Waals surface area contributed by atoms with Gasteiger partial charge < -0.3 is 4.90 Å². The third-order valence-electron chi connectivity index (χ3n) is 6.18. The summed E-state index contributed by atoms with van der Waals surface area (Å²) in [6.07, 6.45) is 6.26. The van der Waals surface area contributed by atoms with Crippen molar-refractivity contribution in [3.05, 3.63) is 38.7 Å². The van der Waals surface area contributed by atoms with Crippen molar-refractivity contribution >= 4 is 16.9 Å². The van der Waals surface area contributed by atoms with Crippen LogP contribution in [0.1, 0.15) is 50.1 Å². The number of fused-ring (bicyclic) bond motifs is 1. The van der Waals surface area contributed by atoms with Crippen LogP contribution in [0.4, 0.5) is 0 Å². The highest BCUT2D eigenvalue weighted by Crippen LogP contribution is 2.31. The fourth-order valence-corrected chi connectivity index (χ4v) is 4.55. The normalized spacial score (nSPS) is 21.1. The molecular formula is C20H26N4O3. The van der Waals surface area contributed by atoms with E-state index in [1.165, 1.54) is 11.6 Å². The first-order chi connectivity index (χ1) is 13.0. The molecule has 144 valence electrons. The minimum absolute atomic E-state index is 0.146. The van der Waals surface area contributed by atoms with Crippen molar-refractivity contribution in [3.8, 4) is 0 Å². The Labute approximate surface area is 157 Å². The fourth-order valence-electron chi connectivity index (χ4n) is 4.55. The van der Waals surface area contributed by atoms with E-state index in [1.54, 1.807) is 13.1 Å². The largest absolute Gasteiger partial charge is 0.342 e. The van der Waals surface area contributed by atoms with Crippen LogP contribution >= 0.6 is 0 Å². The number of carbonyl (C=O) groups excluding carboxylic acids is 1. The Hall–Kier alpha value is -2.44. The Kier molecular flexibility index (Phi) is 4.61. The van der Waals surface area contributed by atoms with Gasteiger partial charge in [-0.2, -0.15) is 0 Å². The molecule has 0 N–H and O–H groups in total. The van der Waals surface area contributed by atoms with Crippen LogP contribution in [0.5, 0.6) is 0 Å². The van der Waals surface area contributed by atoms with Gasteiger partial charge in [-0.15, -0.1) is 0 Å². The molecular weight excluding hydrogens is 344 g/mol. The smallest absolute Gasteiger partial charge is 0.332 e. The number of hydrogen-bond donors (Lipinski definition) is 0. The van der Waals surface area contributed by atoms with Gasteiger partial charge in [-0.05, 0) is 37.8 Å². The molecule has 2 aromatic rings. The van der Waals surface area contributed by atoms with Gasteiger partial charge in [0.1, 0.15) is 5.65 Å². The molecule has 27 heavy (non-hydrogen) atoms. The van der Waals surface area contributed by atoms with Crippen molar-refractivity contribution in [2.45, 2.75) is 44.4 Å². The molecule has 7 heteroatoms. The maximum atomic E-state index is 12.8. The Bertz CT molecular complexity index is 1000. The summed E-state index contributed by atoms with van der Waals surface area (Å²) in [5, 5.41) is 0.443. The lowest BCUT2D eigenvalue weighted by atomic mass is 9.93. The van der Waals surface area contributed by atoms with Gasteiger partial charge in [0.25, 0.3) is 5.56 Å². The van der Waals surface area contributed by atoms with E-state index in [-0.39, 0.29) is 23.1 Å². The summed E-state index contributed by atoms with van der Waals surface area (Å²) in [5.74, 6) is 0.629. The van der Waals surface area contributed by atoms with Crippen LogP contribution in [0, 0.1) is 5.92 Å². The molecule has 2 aliphatic rings. The monoisotopic (exact) mass is 370 g/mol. The van der Waals surface area contributed by atoms with E-state index >= 15 is 0 Å². The lowest BCUT2D eigenvalue weighted by Crippen LogP contribution is -2.42. The van der Waals surface area contributed by atoms with Gasteiger partial charge in [0.05, 0.1) is 5.39 Å². The van der Waals surface area contributed by atoms with Crippen LogP contribution in [-0.4, -0.2) is 38.0 Å². The Balaban J connectivity index is 1.64. The minimum Gasteiger partial charge on any atom is -0.342 e. The first-order valence-electron chi connectivity index (χ1n) is 9.83. The summed E-state index contributed by atoms with van der Waals surface area (Å²) in [6.45, 7) is 1.49. The summed E-state index contributed by atoms with van der Waals surface area (Å²) in [4.78, 5) is 44.0. The van der Waals surface area contributed by atoms with Crippen molar-refractivity contribution in [3.63, 3.8) is 0 Å². The number of nitrogens with zero attached hydrogens (tertiary/aromatic N) is 4. The molecule has 0 bridgehead atoms. The molecule has 1 atom stereocenters. The SMILES string of the molecule is Cn1c(=O)c2ccc([C@@H]3CCCN(C(=O)C4CCCC4)C3)nc2n(C)c1=O. The summed E-state index contributed by atoms with van der Waals surface area (Å²) in [5.41, 5.74) is 0.571. The molecule has 4 rings (SSSR count). The van der Waals surface area contributed by atoms with Crippen molar-refractivity contribution < 1.29 is 4.79 Å². The van der Waals surface area contributed by atoms with Gasteiger partial charge >= 0.3 is 5.69 Å². The van der Waals surface area contributed by atoms with Gasteiger partial charge in [-0.25, -0.2) is 9.78 Å². The van der Waals surface area contributed by atoms with Crippen molar-refractivity contribution in [2.75, 3.05) is 13.1 Å². The summed E-state index contributed by atoms with van der Waals surface area (Å²) in [7, 11) is 3.11. The van der Waals surface area contributed by atoms with Crippen molar-refractivity contribution in [1.29, 1.82) is 0 Å². The average molecular weight is 370 g/mol. The topological polar surface area (TPSA) is 77.2 Å². The van der Waals surface area contributed by atoms with E-state index in [0.29, 0.717) is 23.5 Å². The van der Waals surface area contributed by atoms with Crippen LogP contribution in [0.25, 0.3) is 11.0 Å². The number of pyridine rings is 1. The van der Waals surface area contributed by atoms with Crippen molar-refractivity contribution in [1.82, 2.24) is 19.0 Å². The van der Waals surface area contributed by atoms with Gasteiger partial charge in [0.2, 0.25) is 5.91 Å². The molecule has 0 spiro atoms. The van der Waals surface area contributed by atoms with Crippen LogP contribution in [0.2, 0.25) is 0 Å². The van der Waals surface area contributed by atoms with E-state index < -0.39 is 0 Å². The number of amides is 1. The predicted octanol–water partition coefficient (Wildman–Crippen LogP) is 1.53. The molecule has 3 heterocycles. The van der Waals surface area contributed by atoms with E-state index in [4.69, 9.17) is 0 Å². The zero-order valence-electron chi connectivity index (χ0n) is 16.0. The van der Waals surface area contributed by atoms with E-state index in [2.05, 4.69) is 4.98 Å². The number of hydrogen-bond acceptors (Lipinski definition) is 4. The zero-order valence-corrected chi connectivity index (χ0v) is 16.0. The lowest BCUT2D eigenvalue weighted by molar-refractivity contribution is -0.136. The molecule has 2 aromatic heterocycles. The molecule has 0 unspecified atom stereocenters. The second-order valence-electron chi connectivity index (χ2n) is 7.92. The number of aromatic nitrogens is 3. The number of carbonyl (C=O) groups is 1. The van der Waals surface area contributed by atoms with Gasteiger partial charge in [-0.1, -0.05) is 12.8 Å². The number of likely N-dealkylation sites (tertiary alicyclic amines) is 1. The van der Waals surface area contributed by atoms with E-state index in [1.807, 2.05) is 11.0 Å². The number of rotatable bonds is 2. The molecule has 7 nitrogen and oxygen atoms in total. The maximum absolute atomic E-state index is 12.8. The molecule has 1 aliphatic carbocycles. The van der Waals surface area contributed by atoms with Crippen molar-refractivity contribution in [2.24, 2.45) is 20.0 Å². The molecule has 1 amide bonds. The second-order valence-corrected chi connectivity index (χ2v) is 7.92. The average Bonchev–Trinajstić information content (AvgIpc) is 3.24. The quantitative estimate of drug-likeness (QED) is 0.803. The summed E-state index contributed by atoms with van der Waals surface area (Å²) < 4.78 is 2.52.